The zero-order valence-electron chi connectivity index (χ0n) is 17.1. The van der Waals surface area contributed by atoms with Gasteiger partial charge in [-0.25, -0.2) is 14.8 Å². The maximum absolute atomic E-state index is 12.7. The fourth-order valence-electron chi connectivity index (χ4n) is 4.81. The highest BCUT2D eigenvalue weighted by Crippen LogP contribution is 2.47. The van der Waals surface area contributed by atoms with Crippen LogP contribution in [-0.2, 0) is 11.8 Å². The van der Waals surface area contributed by atoms with Crippen LogP contribution in [0.5, 0.6) is 0 Å². The van der Waals surface area contributed by atoms with E-state index in [4.69, 9.17) is 4.98 Å². The third-order valence-corrected chi connectivity index (χ3v) is 6.40. The highest BCUT2D eigenvalue weighted by atomic mass is 16.2. The molecule has 152 valence electrons. The number of benzene rings is 2. The second-order valence-corrected chi connectivity index (χ2v) is 8.10. The van der Waals surface area contributed by atoms with Crippen LogP contribution < -0.4 is 10.6 Å². The molecule has 2 aliphatic rings. The number of likely N-dealkylation sites (tertiary alicyclic amines) is 1. The molecule has 1 saturated heterocycles. The zero-order valence-corrected chi connectivity index (χ0v) is 17.1. The molecule has 0 radical (unpaired) electrons. The maximum atomic E-state index is 12.7. The summed E-state index contributed by atoms with van der Waals surface area (Å²) in [5, 5.41) is 6.05. The van der Waals surface area contributed by atoms with Crippen molar-refractivity contribution in [1.29, 1.82) is 0 Å². The number of hydrogen-bond acceptors (Lipinski definition) is 4. The van der Waals surface area contributed by atoms with E-state index in [0.29, 0.717) is 5.95 Å². The summed E-state index contributed by atoms with van der Waals surface area (Å²) in [5.41, 5.74) is 5.62. The van der Waals surface area contributed by atoms with Gasteiger partial charge in [0.05, 0.1) is 5.69 Å². The number of nitrogens with one attached hydrogen (secondary N) is 2. The van der Waals surface area contributed by atoms with Gasteiger partial charge in [0.15, 0.2) is 0 Å². The molecule has 6 heteroatoms. The van der Waals surface area contributed by atoms with Crippen LogP contribution in [0.4, 0.5) is 16.4 Å². The molecule has 2 aromatic carbocycles. The van der Waals surface area contributed by atoms with Crippen LogP contribution in [0.15, 0.2) is 60.8 Å². The topological polar surface area (TPSA) is 70.2 Å². The van der Waals surface area contributed by atoms with Crippen molar-refractivity contribution >= 4 is 17.7 Å². The van der Waals surface area contributed by atoms with Crippen molar-refractivity contribution < 1.29 is 4.79 Å². The molecule has 6 nitrogen and oxygen atoms in total. The monoisotopic (exact) mass is 399 g/mol. The van der Waals surface area contributed by atoms with E-state index in [0.717, 1.165) is 43.7 Å². The number of urea groups is 1. The van der Waals surface area contributed by atoms with E-state index in [2.05, 4.69) is 39.9 Å². The Balaban J connectivity index is 1.39. The molecule has 0 saturated carbocycles. The van der Waals surface area contributed by atoms with Crippen molar-refractivity contribution in [2.75, 3.05) is 30.8 Å². The van der Waals surface area contributed by atoms with E-state index in [-0.39, 0.29) is 11.4 Å². The van der Waals surface area contributed by atoms with Crippen LogP contribution in [0.2, 0.25) is 0 Å². The molecule has 5 rings (SSSR count). The van der Waals surface area contributed by atoms with E-state index in [9.17, 15) is 4.79 Å². The number of fused-ring (bicyclic) bond motifs is 4. The van der Waals surface area contributed by atoms with Crippen molar-refractivity contribution in [2.45, 2.75) is 24.7 Å². The van der Waals surface area contributed by atoms with Gasteiger partial charge in [-0.1, -0.05) is 42.5 Å². The van der Waals surface area contributed by atoms with Crippen LogP contribution >= 0.6 is 0 Å². The molecule has 1 aliphatic carbocycles. The zero-order chi connectivity index (χ0) is 20.6. The van der Waals surface area contributed by atoms with Gasteiger partial charge in [-0.3, -0.25) is 0 Å². The van der Waals surface area contributed by atoms with Crippen molar-refractivity contribution in [3.05, 3.63) is 71.9 Å². The smallest absolute Gasteiger partial charge is 0.321 e. The molecule has 0 bridgehead atoms. The molecule has 2 heterocycles. The van der Waals surface area contributed by atoms with Crippen LogP contribution in [0.1, 0.15) is 24.0 Å². The highest BCUT2D eigenvalue weighted by molar-refractivity contribution is 5.89. The Morgan fingerprint density at radius 1 is 1.03 bits per heavy atom. The van der Waals surface area contributed by atoms with Gasteiger partial charge in [-0.15, -0.1) is 0 Å². The number of rotatable bonds is 2. The molecule has 0 unspecified atom stereocenters. The third-order valence-electron chi connectivity index (χ3n) is 6.40. The fourth-order valence-corrected chi connectivity index (χ4v) is 4.81. The normalized spacial score (nSPS) is 16.5. The lowest BCUT2D eigenvalue weighted by atomic mass is 9.64. The average molecular weight is 399 g/mol. The van der Waals surface area contributed by atoms with Crippen LogP contribution in [0, 0.1) is 0 Å². The van der Waals surface area contributed by atoms with Gasteiger partial charge < -0.3 is 15.5 Å². The Bertz CT molecular complexity index is 1070. The number of para-hydroxylation sites is 1. The molecular formula is C24H25N5O. The lowest BCUT2D eigenvalue weighted by molar-refractivity contribution is 0.166. The minimum absolute atomic E-state index is 0.0254. The number of piperidine rings is 1. The largest absolute Gasteiger partial charge is 0.357 e. The summed E-state index contributed by atoms with van der Waals surface area (Å²) >= 11 is 0. The van der Waals surface area contributed by atoms with Gasteiger partial charge in [-0.2, -0.15) is 0 Å². The molecule has 3 aromatic rings. The predicted molar refractivity (Wildman–Crippen MR) is 119 cm³/mol. The van der Waals surface area contributed by atoms with Gasteiger partial charge in [0, 0.05) is 43.0 Å². The molecule has 30 heavy (non-hydrogen) atoms. The van der Waals surface area contributed by atoms with Crippen molar-refractivity contribution in [2.24, 2.45) is 0 Å². The summed E-state index contributed by atoms with van der Waals surface area (Å²) < 4.78 is 0. The molecule has 1 spiro atoms. The van der Waals surface area contributed by atoms with Crippen molar-refractivity contribution in [3.63, 3.8) is 0 Å². The maximum Gasteiger partial charge on any atom is 0.321 e. The Hall–Kier alpha value is -3.41. The van der Waals surface area contributed by atoms with Gasteiger partial charge >= 0.3 is 6.03 Å². The Labute approximate surface area is 176 Å². The second kappa shape index (κ2) is 7.44. The standard InChI is InChI=1S/C24H25N5O/c1-25-22-26-16-17-15-24(20-10-6-5-9-19(20)21(17)28-22)11-13-29(14-12-24)23(30)27-18-7-3-2-4-8-18/h2-10,16H,11-15H2,1H3,(H,27,30)(H,25,26,28). The highest BCUT2D eigenvalue weighted by Gasteiger charge is 2.42. The second-order valence-electron chi connectivity index (χ2n) is 8.10. The molecule has 2 amide bonds. The first-order valence-corrected chi connectivity index (χ1v) is 10.4. The molecule has 1 aromatic heterocycles. The van der Waals surface area contributed by atoms with Crippen molar-refractivity contribution in [3.8, 4) is 11.3 Å². The van der Waals surface area contributed by atoms with Gasteiger partial charge in [0.2, 0.25) is 5.95 Å². The molecule has 1 fully saturated rings. The number of anilines is 2. The number of carbonyl (C=O) groups excluding carboxylic acids is 1. The molecule has 2 N–H and O–H groups in total. The predicted octanol–water partition coefficient (Wildman–Crippen LogP) is 4.31. The minimum atomic E-state index is -0.0254. The SMILES string of the molecule is CNc1ncc2c(n1)-c1ccccc1C1(CCN(C(=O)Nc3ccccc3)CC1)C2. The minimum Gasteiger partial charge on any atom is -0.357 e. The van der Waals surface area contributed by atoms with Crippen LogP contribution in [-0.4, -0.2) is 41.0 Å². The summed E-state index contributed by atoms with van der Waals surface area (Å²) in [7, 11) is 1.84. The summed E-state index contributed by atoms with van der Waals surface area (Å²) in [5.74, 6) is 0.645. The first kappa shape index (κ1) is 18.6. The van der Waals surface area contributed by atoms with Crippen molar-refractivity contribution in [1.82, 2.24) is 14.9 Å². The Morgan fingerprint density at radius 3 is 2.53 bits per heavy atom. The number of nitrogens with zero attached hydrogens (tertiary/aromatic N) is 3. The summed E-state index contributed by atoms with van der Waals surface area (Å²) in [6.45, 7) is 1.47. The fraction of sp³-hybridized carbons (Fsp3) is 0.292. The summed E-state index contributed by atoms with van der Waals surface area (Å²) in [6.07, 6.45) is 4.73. The third kappa shape index (κ3) is 3.18. The van der Waals surface area contributed by atoms with Gasteiger partial charge in [0.1, 0.15) is 0 Å². The lowest BCUT2D eigenvalue weighted by Crippen LogP contribution is -2.48. The summed E-state index contributed by atoms with van der Waals surface area (Å²) in [4.78, 5) is 23.9. The Kier molecular flexibility index (Phi) is 4.62. The first-order chi connectivity index (χ1) is 14.7. The summed E-state index contributed by atoms with van der Waals surface area (Å²) in [6, 6.07) is 18.2. The first-order valence-electron chi connectivity index (χ1n) is 10.4. The van der Waals surface area contributed by atoms with Crippen LogP contribution in [0.25, 0.3) is 11.3 Å². The van der Waals surface area contributed by atoms with Gasteiger partial charge in [0.25, 0.3) is 0 Å². The quantitative estimate of drug-likeness (QED) is 0.674. The molecule has 0 atom stereocenters. The lowest BCUT2D eigenvalue weighted by Gasteiger charge is -2.45. The van der Waals surface area contributed by atoms with E-state index in [1.54, 1.807) is 0 Å². The number of aromatic nitrogens is 2. The Morgan fingerprint density at radius 2 is 1.77 bits per heavy atom. The van der Waals surface area contributed by atoms with E-state index < -0.39 is 0 Å². The van der Waals surface area contributed by atoms with Crippen LogP contribution in [0.3, 0.4) is 0 Å². The average Bonchev–Trinajstić information content (AvgIpc) is 2.80. The van der Waals surface area contributed by atoms with Gasteiger partial charge in [-0.05, 0) is 42.5 Å². The number of hydrogen-bond donors (Lipinski definition) is 2. The van der Waals surface area contributed by atoms with E-state index >= 15 is 0 Å². The molecule has 1 aliphatic heterocycles. The van der Waals surface area contributed by atoms with E-state index in [1.807, 2.05) is 48.5 Å². The number of carbonyl (C=O) groups is 1. The molecular weight excluding hydrogens is 374 g/mol. The van der Waals surface area contributed by atoms with E-state index in [1.165, 1.54) is 16.7 Å². The number of amides is 2.